The van der Waals surface area contributed by atoms with Gasteiger partial charge in [0.1, 0.15) is 18.3 Å². The molecule has 8 bridgehead atoms. The summed E-state index contributed by atoms with van der Waals surface area (Å²) < 4.78 is 32.3. The fraction of sp³-hybridized carbons (Fsp3) is 0.619. The number of primary amides is 6. The number of carbonyl (C=O) groups excluding carboxylic acids is 7. The van der Waals surface area contributed by atoms with Crippen molar-refractivity contribution in [2.24, 2.45) is 94.7 Å². The van der Waals surface area contributed by atoms with Crippen LogP contribution in [-0.4, -0.2) is 132 Å². The Bertz CT molecular complexity index is 3600. The number of nitrogens with one attached hydrogen (secondary N) is 1. The molecule has 509 valence electrons. The number of carbonyl (C=O) groups is 7. The number of allylic oxidation sites excluding steroid dienone is 6. The van der Waals surface area contributed by atoms with Gasteiger partial charge in [-0.3, -0.25) is 57.6 Å². The second kappa shape index (κ2) is 28.5. The number of rotatable bonds is 26. The Morgan fingerprint density at radius 1 is 0.796 bits per heavy atom. The van der Waals surface area contributed by atoms with Gasteiger partial charge in [-0.2, -0.15) is 5.70 Å². The standard InChI is InChI=1S/C62H90N13O14P.CN.Co/c1-29-20-39-40(21-30(29)2)75(28-70-39)57-52(84)53(41(27-76)87-57)89-90(85,86)88-31(3)26-69-49(83)18-19-59(8)37(22-46(66)80)56-62(11)61(10,25-48(68)82)36(14-17-45(65)79)51(74-62)33(5)55-60(9,24-47(67)81)34(12-15-43(63)77)38(71-55)23-42-58(6,7)35(13-16-44(64)78)50(72-42)32(4)54(59)73-56;1-2;/h20-21,23,28,31,34-37,41,52-53,56-57,76,84H,12-19,22,24-27H2,1-11H3,(H15,63,64,65,66,67,68,69,71,72,73,74,77,78,79,80,81,82,83,85,86);;/q;-1;+2/p-1/t31?,34-,35-,36-,37+,41-,52-,53-,56-,57+,59-,60+,61+,62+;;/m1../s1. The van der Waals surface area contributed by atoms with E-state index >= 15 is 0 Å². The number of aliphatic imine (C=N–C) groups is 3. The summed E-state index contributed by atoms with van der Waals surface area (Å²) in [5, 5.41) is 36.5. The molecule has 0 aliphatic carbocycles. The first-order valence-electron chi connectivity index (χ1n) is 30.7. The van der Waals surface area contributed by atoms with E-state index in [0.29, 0.717) is 56.4 Å². The molecule has 1 aromatic heterocycles. The van der Waals surface area contributed by atoms with Crippen LogP contribution in [0.2, 0.25) is 0 Å². The molecule has 2 unspecified atom stereocenters. The number of hydrogen-bond acceptors (Lipinski definition) is 18. The first kappa shape index (κ1) is 75.0. The topological polar surface area (TPSA) is 486 Å². The van der Waals surface area contributed by atoms with Crippen molar-refractivity contribution < 1.29 is 83.8 Å². The molecule has 28 nitrogen and oxygen atoms in total. The molecule has 7 heterocycles. The minimum absolute atomic E-state index is 0. The fourth-order valence-corrected chi connectivity index (χ4v) is 16.5. The predicted molar refractivity (Wildman–Crippen MR) is 339 cm³/mol. The Morgan fingerprint density at radius 2 is 1.38 bits per heavy atom. The van der Waals surface area contributed by atoms with Gasteiger partial charge in [0.25, 0.3) is 0 Å². The maximum absolute atomic E-state index is 14.4. The van der Waals surface area contributed by atoms with Gasteiger partial charge < -0.3 is 81.3 Å². The number of benzene rings is 1. The molecule has 8 rings (SSSR count). The van der Waals surface area contributed by atoms with Gasteiger partial charge in [0.15, 0.2) is 6.23 Å². The Balaban J connectivity index is 0.00000453. The molecule has 16 N–H and O–H groups in total. The second-order valence-electron chi connectivity index (χ2n) is 27.0. The van der Waals surface area contributed by atoms with Crippen LogP contribution >= 0.6 is 7.82 Å². The van der Waals surface area contributed by atoms with E-state index in [1.807, 2.05) is 80.5 Å². The molecule has 6 aliphatic heterocycles. The zero-order valence-electron chi connectivity index (χ0n) is 54.5. The fourth-order valence-electron chi connectivity index (χ4n) is 15.3. The molecule has 1 radical (unpaired) electrons. The summed E-state index contributed by atoms with van der Waals surface area (Å²) in [5.41, 5.74) is 36.8. The molecule has 2 saturated heterocycles. The first-order valence-corrected chi connectivity index (χ1v) is 32.2. The largest absolute Gasteiger partial charge is 2.00 e. The summed E-state index contributed by atoms with van der Waals surface area (Å²) in [5.74, 6) is -7.34. The third kappa shape index (κ3) is 14.6. The van der Waals surface area contributed by atoms with Crippen molar-refractivity contribution in [2.75, 3.05) is 13.2 Å². The Morgan fingerprint density at radius 3 is 1.95 bits per heavy atom. The van der Waals surface area contributed by atoms with E-state index < -0.39 is 143 Å². The van der Waals surface area contributed by atoms with Crippen LogP contribution < -0.4 is 39.7 Å². The number of phosphoric ester groups is 1. The number of fused-ring (bicyclic) bond motifs is 7. The maximum Gasteiger partial charge on any atom is 2.00 e. The van der Waals surface area contributed by atoms with Crippen molar-refractivity contribution in [1.82, 2.24) is 14.9 Å². The Labute approximate surface area is 551 Å². The van der Waals surface area contributed by atoms with Crippen molar-refractivity contribution in [3.05, 3.63) is 75.8 Å². The van der Waals surface area contributed by atoms with Crippen molar-refractivity contribution in [1.29, 1.82) is 5.26 Å². The summed E-state index contributed by atoms with van der Waals surface area (Å²) in [6.07, 6.45) is -4.47. The number of amides is 7. The number of nitrogens with two attached hydrogens (primary N) is 6. The van der Waals surface area contributed by atoms with E-state index in [-0.39, 0.29) is 94.0 Å². The summed E-state index contributed by atoms with van der Waals surface area (Å²) >= 11 is 0. The molecular formula is C63H89CoN14O14P. The number of aromatic nitrogens is 2. The number of aliphatic hydroxyl groups excluding tert-OH is 2. The van der Waals surface area contributed by atoms with Crippen LogP contribution in [0.4, 0.5) is 0 Å². The molecule has 2 aromatic rings. The molecule has 1 aromatic carbocycles. The van der Waals surface area contributed by atoms with Crippen molar-refractivity contribution in [2.45, 2.75) is 189 Å². The molecule has 2 fully saturated rings. The smallest absolute Gasteiger partial charge is 0.682 e. The SMILES string of the molecule is C/C1=C2/[N-][C@H]([C@H](CC(N)=O)[C@@]2(C)CCC(=O)NCC(C)OP(=O)(O)O[C@H]2[C@@H](O)[C@@H](n3cnc4cc(C)c(C)cc43)O[C@@H]2CO)[C@]2(C)N=C(/C(C)=C3N=C(/C=C4N=C1[C@@H](CCC(N)=O)C\4(C)C)[C@@H](CCC(N)=O)[C@]\3(C)CC(N)=O)[C@@H](CCC(N)=O)[C@]2(C)CC(N)=O.[C-]#N.[Co+2]. The normalized spacial score (nSPS) is 33.1. The average Bonchev–Trinajstić information content (AvgIpc) is 1.53. The summed E-state index contributed by atoms with van der Waals surface area (Å²) in [6.45, 7) is 23.9. The second-order valence-corrected chi connectivity index (χ2v) is 28.4. The third-order valence-electron chi connectivity index (χ3n) is 20.5. The van der Waals surface area contributed by atoms with Crippen LogP contribution in [-0.2, 0) is 68.7 Å². The zero-order chi connectivity index (χ0) is 68.7. The number of hydrogen-bond donors (Lipinski definition) is 10. The molecule has 93 heavy (non-hydrogen) atoms. The third-order valence-corrected chi connectivity index (χ3v) is 21.6. The maximum atomic E-state index is 14.4. The average molecular weight is 1360 g/mol. The molecule has 0 spiro atoms. The summed E-state index contributed by atoms with van der Waals surface area (Å²) in [7, 11) is -5.07. The van der Waals surface area contributed by atoms with Crippen molar-refractivity contribution >= 4 is 77.3 Å². The number of nitrogens with zero attached hydrogens (tertiary/aromatic N) is 7. The number of aliphatic hydroxyl groups is 2. The van der Waals surface area contributed by atoms with E-state index in [0.717, 1.165) is 11.1 Å². The number of aryl methyl sites for hydroxylation is 2. The van der Waals surface area contributed by atoms with Crippen LogP contribution in [0.15, 0.2) is 67.8 Å². The minimum Gasteiger partial charge on any atom is -0.682 e. The quantitative estimate of drug-likeness (QED) is 0.0469. The zero-order valence-corrected chi connectivity index (χ0v) is 56.4. The number of imidazole rings is 1. The summed E-state index contributed by atoms with van der Waals surface area (Å²) in [6, 6.07) is 2.68. The van der Waals surface area contributed by atoms with Gasteiger partial charge in [-0.25, -0.2) is 9.55 Å². The monoisotopic (exact) mass is 1360 g/mol. The van der Waals surface area contributed by atoms with E-state index in [1.165, 1.54) is 13.3 Å². The molecule has 0 saturated carbocycles. The van der Waals surface area contributed by atoms with Crippen LogP contribution in [0.5, 0.6) is 0 Å². The van der Waals surface area contributed by atoms with Gasteiger partial charge in [-0.15, -0.1) is 0 Å². The van der Waals surface area contributed by atoms with Gasteiger partial charge in [0.2, 0.25) is 41.4 Å². The van der Waals surface area contributed by atoms with Crippen molar-refractivity contribution in [3.8, 4) is 0 Å². The predicted octanol–water partition coefficient (Wildman–Crippen LogP) is 4.04. The molecule has 6 aliphatic rings. The van der Waals surface area contributed by atoms with E-state index in [4.69, 9.17) is 80.3 Å². The van der Waals surface area contributed by atoms with Crippen LogP contribution in [0.1, 0.15) is 150 Å². The Kier molecular flexibility index (Phi) is 23.0. The van der Waals surface area contributed by atoms with E-state index in [9.17, 15) is 53.2 Å². The van der Waals surface area contributed by atoms with Crippen LogP contribution in [0, 0.1) is 71.0 Å². The minimum atomic E-state index is -5.07. The van der Waals surface area contributed by atoms with Crippen LogP contribution in [0.3, 0.4) is 0 Å². The van der Waals surface area contributed by atoms with Crippen molar-refractivity contribution in [3.63, 3.8) is 0 Å². The van der Waals surface area contributed by atoms with Gasteiger partial charge in [-0.1, -0.05) is 40.7 Å². The van der Waals surface area contributed by atoms with Gasteiger partial charge >= 0.3 is 24.6 Å². The Hall–Kier alpha value is -7.00. The van der Waals surface area contributed by atoms with E-state index in [1.54, 1.807) is 11.5 Å². The summed E-state index contributed by atoms with van der Waals surface area (Å²) in [4.78, 5) is 125. The van der Waals surface area contributed by atoms with E-state index in [2.05, 4.69) is 10.3 Å². The molecule has 15 atom stereocenters. The first-order chi connectivity index (χ1) is 42.8. The molecular weight excluding hydrogens is 1270 g/mol. The van der Waals surface area contributed by atoms with Gasteiger partial charge in [-0.05, 0) is 119 Å². The number of ether oxygens (including phenoxy) is 1. The van der Waals surface area contributed by atoms with Gasteiger partial charge in [0.05, 0.1) is 41.3 Å². The molecule has 30 heteroatoms. The molecule has 7 amide bonds. The van der Waals surface area contributed by atoms with Gasteiger partial charge in [0, 0.05) is 108 Å². The number of phosphoric acid groups is 1. The van der Waals surface area contributed by atoms with Crippen LogP contribution in [0.25, 0.3) is 16.4 Å².